The maximum atomic E-state index is 12.4. The van der Waals surface area contributed by atoms with E-state index >= 15 is 0 Å². The first-order chi connectivity index (χ1) is 9.74. The van der Waals surface area contributed by atoms with Gasteiger partial charge in [0.2, 0.25) is 5.91 Å². The molecule has 1 N–H and O–H groups in total. The Kier molecular flexibility index (Phi) is 3.69. The number of carbonyl (C=O) groups is 1. The number of aromatic amines is 1. The summed E-state index contributed by atoms with van der Waals surface area (Å²) in [5.74, 6) is 0.554. The zero-order valence-electron chi connectivity index (χ0n) is 11.6. The molecule has 1 aliphatic rings. The van der Waals surface area contributed by atoms with Gasteiger partial charge in [0.1, 0.15) is 5.65 Å². The molecule has 0 aromatic carbocycles. The highest BCUT2D eigenvalue weighted by Gasteiger charge is 2.20. The highest BCUT2D eigenvalue weighted by molar-refractivity contribution is 5.87. The Morgan fingerprint density at radius 1 is 1.60 bits per heavy atom. The fourth-order valence-corrected chi connectivity index (χ4v) is 2.64. The first kappa shape index (κ1) is 13.1. The number of ether oxygens (including phenoxy) is 1. The van der Waals surface area contributed by atoms with Crippen LogP contribution < -0.4 is 0 Å². The van der Waals surface area contributed by atoms with E-state index in [9.17, 15) is 4.79 Å². The molecule has 1 aliphatic heterocycles. The first-order valence-electron chi connectivity index (χ1n) is 7.00. The minimum Gasteiger partial charge on any atom is -0.379 e. The summed E-state index contributed by atoms with van der Waals surface area (Å²) in [5, 5.41) is 1.03. The number of carbonyl (C=O) groups excluding carboxylic acids is 1. The van der Waals surface area contributed by atoms with Crippen molar-refractivity contribution in [3.63, 3.8) is 0 Å². The third kappa shape index (κ3) is 2.67. The van der Waals surface area contributed by atoms with Gasteiger partial charge in [-0.3, -0.25) is 4.79 Å². The molecule has 20 heavy (non-hydrogen) atoms. The van der Waals surface area contributed by atoms with E-state index in [0.29, 0.717) is 25.5 Å². The lowest BCUT2D eigenvalue weighted by Gasteiger charge is -2.21. The molecule has 3 heterocycles. The molecule has 1 fully saturated rings. The zero-order chi connectivity index (χ0) is 13.9. The summed E-state index contributed by atoms with van der Waals surface area (Å²) in [5.41, 5.74) is 1.85. The fraction of sp³-hybridized carbons (Fsp3) is 0.467. The molecule has 1 unspecified atom stereocenters. The van der Waals surface area contributed by atoms with E-state index in [-0.39, 0.29) is 5.91 Å². The average Bonchev–Trinajstić information content (AvgIpc) is 2.72. The third-order valence-electron chi connectivity index (χ3n) is 3.67. The van der Waals surface area contributed by atoms with Crippen LogP contribution in [0.2, 0.25) is 0 Å². The number of pyridine rings is 1. The van der Waals surface area contributed by atoms with Gasteiger partial charge >= 0.3 is 0 Å². The molecule has 2 aromatic rings. The maximum absolute atomic E-state index is 12.4. The van der Waals surface area contributed by atoms with Crippen molar-refractivity contribution < 1.29 is 9.53 Å². The van der Waals surface area contributed by atoms with Gasteiger partial charge in [-0.05, 0) is 23.6 Å². The van der Waals surface area contributed by atoms with Gasteiger partial charge < -0.3 is 14.6 Å². The van der Waals surface area contributed by atoms with Gasteiger partial charge in [-0.15, -0.1) is 0 Å². The molecule has 1 saturated heterocycles. The number of nitrogens with zero attached hydrogens (tertiary/aromatic N) is 2. The fourth-order valence-electron chi connectivity index (χ4n) is 2.64. The SMILES string of the molecule is CC1COCCN(C(=O)Cc2c[nH]c3ncccc23)C1. The summed E-state index contributed by atoms with van der Waals surface area (Å²) in [7, 11) is 0. The standard InChI is InChI=1S/C15H19N3O2/c1-11-9-18(5-6-20-10-11)14(19)7-12-8-17-15-13(12)3-2-4-16-15/h2-4,8,11H,5-7,9-10H2,1H3,(H,16,17). The minimum absolute atomic E-state index is 0.159. The van der Waals surface area contributed by atoms with Crippen LogP contribution in [0.25, 0.3) is 11.0 Å². The van der Waals surface area contributed by atoms with E-state index in [1.807, 2.05) is 23.2 Å². The monoisotopic (exact) mass is 273 g/mol. The van der Waals surface area contributed by atoms with E-state index in [1.165, 1.54) is 0 Å². The van der Waals surface area contributed by atoms with E-state index in [0.717, 1.165) is 29.7 Å². The van der Waals surface area contributed by atoms with Gasteiger partial charge in [-0.2, -0.15) is 0 Å². The van der Waals surface area contributed by atoms with Crippen LogP contribution in [-0.2, 0) is 16.0 Å². The van der Waals surface area contributed by atoms with Gasteiger partial charge in [0.25, 0.3) is 0 Å². The van der Waals surface area contributed by atoms with Crippen molar-refractivity contribution in [3.8, 4) is 0 Å². The Morgan fingerprint density at radius 2 is 2.50 bits per heavy atom. The van der Waals surface area contributed by atoms with E-state index < -0.39 is 0 Å². The first-order valence-corrected chi connectivity index (χ1v) is 7.00. The molecular weight excluding hydrogens is 254 g/mol. The van der Waals surface area contributed by atoms with Crippen LogP contribution in [-0.4, -0.2) is 47.1 Å². The molecule has 0 aliphatic carbocycles. The zero-order valence-corrected chi connectivity index (χ0v) is 11.6. The van der Waals surface area contributed by atoms with Gasteiger partial charge in [0, 0.05) is 30.9 Å². The molecule has 0 spiro atoms. The normalized spacial score (nSPS) is 20.1. The van der Waals surface area contributed by atoms with Crippen molar-refractivity contribution in [2.45, 2.75) is 13.3 Å². The molecule has 5 heteroatoms. The maximum Gasteiger partial charge on any atom is 0.227 e. The predicted octanol–water partition coefficient (Wildman–Crippen LogP) is 1.60. The Morgan fingerprint density at radius 3 is 3.40 bits per heavy atom. The number of H-pyrrole nitrogens is 1. The molecule has 0 bridgehead atoms. The lowest BCUT2D eigenvalue weighted by Crippen LogP contribution is -2.36. The van der Waals surface area contributed by atoms with Crippen molar-refractivity contribution in [2.24, 2.45) is 5.92 Å². The Hall–Kier alpha value is -1.88. The summed E-state index contributed by atoms with van der Waals surface area (Å²) in [6.07, 6.45) is 4.05. The molecule has 0 saturated carbocycles. The quantitative estimate of drug-likeness (QED) is 0.904. The van der Waals surface area contributed by atoms with Crippen LogP contribution in [0.5, 0.6) is 0 Å². The second-order valence-corrected chi connectivity index (χ2v) is 5.41. The van der Waals surface area contributed by atoms with Crippen molar-refractivity contribution >= 4 is 16.9 Å². The second kappa shape index (κ2) is 5.63. The molecule has 3 rings (SSSR count). The third-order valence-corrected chi connectivity index (χ3v) is 3.67. The number of amides is 1. The number of fused-ring (bicyclic) bond motifs is 1. The lowest BCUT2D eigenvalue weighted by atomic mass is 10.1. The summed E-state index contributed by atoms with van der Waals surface area (Å²) in [4.78, 5) is 21.7. The van der Waals surface area contributed by atoms with Crippen LogP contribution in [0.4, 0.5) is 0 Å². The largest absolute Gasteiger partial charge is 0.379 e. The van der Waals surface area contributed by atoms with Crippen molar-refractivity contribution in [1.29, 1.82) is 0 Å². The van der Waals surface area contributed by atoms with Crippen molar-refractivity contribution in [1.82, 2.24) is 14.9 Å². The predicted molar refractivity (Wildman–Crippen MR) is 76.4 cm³/mol. The number of hydrogen-bond donors (Lipinski definition) is 1. The van der Waals surface area contributed by atoms with E-state index in [4.69, 9.17) is 4.74 Å². The topological polar surface area (TPSA) is 58.2 Å². The van der Waals surface area contributed by atoms with Crippen LogP contribution in [0.3, 0.4) is 0 Å². The van der Waals surface area contributed by atoms with Gasteiger partial charge in [-0.1, -0.05) is 6.92 Å². The van der Waals surface area contributed by atoms with E-state index in [1.54, 1.807) is 6.20 Å². The van der Waals surface area contributed by atoms with Crippen LogP contribution >= 0.6 is 0 Å². The highest BCUT2D eigenvalue weighted by atomic mass is 16.5. The van der Waals surface area contributed by atoms with Gasteiger partial charge in [0.15, 0.2) is 0 Å². The molecule has 1 atom stereocenters. The van der Waals surface area contributed by atoms with Crippen molar-refractivity contribution in [2.75, 3.05) is 26.3 Å². The summed E-state index contributed by atoms with van der Waals surface area (Å²) in [6, 6.07) is 3.89. The number of nitrogens with one attached hydrogen (secondary N) is 1. The van der Waals surface area contributed by atoms with Crippen molar-refractivity contribution in [3.05, 3.63) is 30.1 Å². The average molecular weight is 273 g/mol. The summed E-state index contributed by atoms with van der Waals surface area (Å²) in [6.45, 7) is 4.94. The summed E-state index contributed by atoms with van der Waals surface area (Å²) < 4.78 is 5.48. The molecule has 1 amide bonds. The minimum atomic E-state index is 0.159. The second-order valence-electron chi connectivity index (χ2n) is 5.41. The number of hydrogen-bond acceptors (Lipinski definition) is 3. The summed E-state index contributed by atoms with van der Waals surface area (Å²) >= 11 is 0. The molecular formula is C15H19N3O2. The number of rotatable bonds is 2. The van der Waals surface area contributed by atoms with Gasteiger partial charge in [-0.25, -0.2) is 4.98 Å². The van der Waals surface area contributed by atoms with Crippen LogP contribution in [0.15, 0.2) is 24.5 Å². The molecule has 5 nitrogen and oxygen atoms in total. The van der Waals surface area contributed by atoms with Crippen LogP contribution in [0, 0.1) is 5.92 Å². The molecule has 0 radical (unpaired) electrons. The Bertz CT molecular complexity index is 608. The molecule has 106 valence electrons. The van der Waals surface area contributed by atoms with Crippen LogP contribution in [0.1, 0.15) is 12.5 Å². The van der Waals surface area contributed by atoms with E-state index in [2.05, 4.69) is 16.9 Å². The number of aromatic nitrogens is 2. The Labute approximate surface area is 117 Å². The molecule has 2 aromatic heterocycles. The smallest absolute Gasteiger partial charge is 0.227 e. The Balaban J connectivity index is 1.75. The lowest BCUT2D eigenvalue weighted by molar-refractivity contribution is -0.130. The highest BCUT2D eigenvalue weighted by Crippen LogP contribution is 2.17. The van der Waals surface area contributed by atoms with Gasteiger partial charge in [0.05, 0.1) is 19.6 Å².